The van der Waals surface area contributed by atoms with E-state index in [0.29, 0.717) is 0 Å². The van der Waals surface area contributed by atoms with Crippen LogP contribution in [0.25, 0.3) is 0 Å². The summed E-state index contributed by atoms with van der Waals surface area (Å²) in [5.74, 6) is 0.472. The Morgan fingerprint density at radius 1 is 1.39 bits per heavy atom. The van der Waals surface area contributed by atoms with Crippen molar-refractivity contribution >= 4 is 5.91 Å². The first-order valence-electron chi connectivity index (χ1n) is 5.86. The maximum atomic E-state index is 11.4. The Kier molecular flexibility index (Phi) is 6.18. The summed E-state index contributed by atoms with van der Waals surface area (Å²) in [4.78, 5) is 11.4. The predicted molar refractivity (Wildman–Crippen MR) is 67.4 cm³/mol. The van der Waals surface area contributed by atoms with Crippen LogP contribution < -0.4 is 10.1 Å². The second-order valence-corrected chi connectivity index (χ2v) is 4.04. The second kappa shape index (κ2) is 7.68. The molecule has 0 atom stereocenters. The van der Waals surface area contributed by atoms with E-state index in [1.54, 1.807) is 0 Å². The lowest BCUT2D eigenvalue weighted by atomic mass is 10.2. The van der Waals surface area contributed by atoms with Crippen LogP contribution in [0, 0.1) is 6.92 Å². The first-order chi connectivity index (χ1) is 8.65. The molecule has 5 heteroatoms. The minimum absolute atomic E-state index is 0.185. The maximum absolute atomic E-state index is 11.4. The second-order valence-electron chi connectivity index (χ2n) is 4.04. The number of ether oxygens (including phenoxy) is 1. The lowest BCUT2D eigenvalue weighted by molar-refractivity contribution is -0.122. The Balaban J connectivity index is 2.27. The molecule has 1 amide bonds. The maximum Gasteiger partial charge on any atom is 0.223 e. The minimum Gasteiger partial charge on any atom is -0.493 e. The molecule has 3 N–H and O–H groups in total. The zero-order valence-corrected chi connectivity index (χ0v) is 10.4. The van der Waals surface area contributed by atoms with E-state index in [9.17, 15) is 4.79 Å². The van der Waals surface area contributed by atoms with Crippen molar-refractivity contribution in [3.63, 3.8) is 0 Å². The number of hydrogen-bond donors (Lipinski definition) is 3. The molecule has 0 saturated carbocycles. The van der Waals surface area contributed by atoms with Crippen molar-refractivity contribution in [1.29, 1.82) is 0 Å². The summed E-state index contributed by atoms with van der Waals surface area (Å²) in [5.41, 5.74) is 1.09. The van der Waals surface area contributed by atoms with Gasteiger partial charge in [0.15, 0.2) is 0 Å². The van der Waals surface area contributed by atoms with Crippen molar-refractivity contribution in [2.75, 3.05) is 19.8 Å². The number of carbonyl (C=O) groups is 1. The van der Waals surface area contributed by atoms with Gasteiger partial charge in [-0.25, -0.2) is 0 Å². The quantitative estimate of drug-likeness (QED) is 0.650. The number of amides is 1. The fraction of sp³-hybridized carbons (Fsp3) is 0.462. The largest absolute Gasteiger partial charge is 0.493 e. The van der Waals surface area contributed by atoms with Gasteiger partial charge < -0.3 is 20.3 Å². The molecule has 0 aliphatic rings. The van der Waals surface area contributed by atoms with Gasteiger partial charge in [0.05, 0.1) is 32.3 Å². The molecule has 1 rings (SSSR count). The molecule has 0 aliphatic carbocycles. The molecule has 0 fully saturated rings. The van der Waals surface area contributed by atoms with E-state index in [2.05, 4.69) is 5.32 Å². The van der Waals surface area contributed by atoms with E-state index >= 15 is 0 Å². The number of hydrogen-bond acceptors (Lipinski definition) is 4. The first kappa shape index (κ1) is 14.5. The Bertz CT molecular complexity index is 377. The van der Waals surface area contributed by atoms with Crippen LogP contribution in [0.5, 0.6) is 5.75 Å². The summed E-state index contributed by atoms with van der Waals surface area (Å²) in [6.07, 6.45) is 0.185. The van der Waals surface area contributed by atoms with Crippen molar-refractivity contribution in [3.8, 4) is 5.75 Å². The fourth-order valence-corrected chi connectivity index (χ4v) is 1.42. The zero-order valence-electron chi connectivity index (χ0n) is 10.4. The third-order valence-electron chi connectivity index (χ3n) is 2.39. The molecule has 100 valence electrons. The summed E-state index contributed by atoms with van der Waals surface area (Å²) in [5, 5.41) is 20.1. The molecule has 0 unspecified atom stereocenters. The van der Waals surface area contributed by atoms with Crippen molar-refractivity contribution in [1.82, 2.24) is 5.32 Å². The van der Waals surface area contributed by atoms with E-state index in [-0.39, 0.29) is 32.1 Å². The summed E-state index contributed by atoms with van der Waals surface area (Å²) >= 11 is 0. The molecular weight excluding hydrogens is 234 g/mol. The molecule has 0 spiro atoms. The van der Waals surface area contributed by atoms with E-state index < -0.39 is 6.04 Å². The number of benzene rings is 1. The first-order valence-corrected chi connectivity index (χ1v) is 5.86. The van der Waals surface area contributed by atoms with E-state index in [4.69, 9.17) is 14.9 Å². The number of aliphatic hydroxyl groups is 2. The Morgan fingerprint density at radius 2 is 2.11 bits per heavy atom. The Morgan fingerprint density at radius 3 is 2.72 bits per heavy atom. The third-order valence-corrected chi connectivity index (χ3v) is 2.39. The number of carbonyl (C=O) groups excluding carboxylic acids is 1. The normalized spacial score (nSPS) is 10.4. The van der Waals surface area contributed by atoms with Gasteiger partial charge in [-0.15, -0.1) is 0 Å². The highest BCUT2D eigenvalue weighted by Gasteiger charge is 2.09. The highest BCUT2D eigenvalue weighted by atomic mass is 16.5. The van der Waals surface area contributed by atoms with E-state index in [1.807, 2.05) is 31.2 Å². The third kappa shape index (κ3) is 5.16. The van der Waals surface area contributed by atoms with Gasteiger partial charge in [-0.2, -0.15) is 0 Å². The zero-order chi connectivity index (χ0) is 13.4. The van der Waals surface area contributed by atoms with Crippen LogP contribution in [0.1, 0.15) is 12.0 Å². The molecule has 1 aromatic rings. The summed E-state index contributed by atoms with van der Waals surface area (Å²) < 4.78 is 5.42. The van der Waals surface area contributed by atoms with Crippen LogP contribution in [0.3, 0.4) is 0 Å². The lowest BCUT2D eigenvalue weighted by Crippen LogP contribution is -2.40. The molecule has 0 aliphatic heterocycles. The van der Waals surface area contributed by atoms with Gasteiger partial charge in [-0.05, 0) is 24.6 Å². The molecule has 18 heavy (non-hydrogen) atoms. The van der Waals surface area contributed by atoms with Crippen molar-refractivity contribution in [2.45, 2.75) is 19.4 Å². The highest BCUT2D eigenvalue weighted by molar-refractivity contribution is 5.76. The Labute approximate surface area is 106 Å². The fourth-order valence-electron chi connectivity index (χ4n) is 1.42. The van der Waals surface area contributed by atoms with Crippen molar-refractivity contribution < 1.29 is 19.7 Å². The average molecular weight is 253 g/mol. The van der Waals surface area contributed by atoms with Crippen molar-refractivity contribution in [3.05, 3.63) is 29.8 Å². The van der Waals surface area contributed by atoms with Crippen LogP contribution in [0.2, 0.25) is 0 Å². The lowest BCUT2D eigenvalue weighted by Gasteiger charge is -2.13. The molecule has 0 radical (unpaired) electrons. The van der Waals surface area contributed by atoms with Gasteiger partial charge >= 0.3 is 0 Å². The molecule has 0 bridgehead atoms. The van der Waals surface area contributed by atoms with E-state index in [1.165, 1.54) is 0 Å². The number of aryl methyl sites for hydroxylation is 1. The van der Waals surface area contributed by atoms with Gasteiger partial charge in [-0.3, -0.25) is 4.79 Å². The molecule has 0 aromatic heterocycles. The Hall–Kier alpha value is -1.59. The highest BCUT2D eigenvalue weighted by Crippen LogP contribution is 2.12. The van der Waals surface area contributed by atoms with Gasteiger partial charge in [0.25, 0.3) is 0 Å². The summed E-state index contributed by atoms with van der Waals surface area (Å²) in [6, 6.07) is 6.97. The summed E-state index contributed by atoms with van der Waals surface area (Å²) in [6.45, 7) is 1.67. The van der Waals surface area contributed by atoms with Crippen LogP contribution in [0.4, 0.5) is 0 Å². The van der Waals surface area contributed by atoms with E-state index in [0.717, 1.165) is 11.3 Å². The number of aliphatic hydroxyl groups excluding tert-OH is 2. The van der Waals surface area contributed by atoms with Gasteiger partial charge in [0.1, 0.15) is 5.75 Å². The molecule has 0 saturated heterocycles. The number of nitrogens with one attached hydrogen (secondary N) is 1. The van der Waals surface area contributed by atoms with Gasteiger partial charge in [0.2, 0.25) is 5.91 Å². The topological polar surface area (TPSA) is 78.8 Å². The summed E-state index contributed by atoms with van der Waals surface area (Å²) in [7, 11) is 0. The molecule has 1 aromatic carbocycles. The predicted octanol–water partition coefficient (Wildman–Crippen LogP) is 0.233. The minimum atomic E-state index is -0.600. The van der Waals surface area contributed by atoms with Crippen LogP contribution in [0.15, 0.2) is 24.3 Å². The molecular formula is C13H19NO4. The van der Waals surface area contributed by atoms with Gasteiger partial charge in [-0.1, -0.05) is 12.1 Å². The van der Waals surface area contributed by atoms with Crippen LogP contribution >= 0.6 is 0 Å². The standard InChI is InChI=1S/C13H19NO4/c1-10-3-2-4-12(7-10)18-6-5-13(17)14-11(8-15)9-16/h2-4,7,11,15-16H,5-6,8-9H2,1H3,(H,14,17). The van der Waals surface area contributed by atoms with Crippen LogP contribution in [-0.2, 0) is 4.79 Å². The SMILES string of the molecule is Cc1cccc(OCCC(=O)NC(CO)CO)c1. The van der Waals surface area contributed by atoms with Crippen molar-refractivity contribution in [2.24, 2.45) is 0 Å². The average Bonchev–Trinajstić information content (AvgIpc) is 2.36. The van der Waals surface area contributed by atoms with Gasteiger partial charge in [0, 0.05) is 0 Å². The molecule has 5 nitrogen and oxygen atoms in total. The number of rotatable bonds is 7. The van der Waals surface area contributed by atoms with Crippen LogP contribution in [-0.4, -0.2) is 42.0 Å². The molecule has 0 heterocycles. The smallest absolute Gasteiger partial charge is 0.223 e. The monoisotopic (exact) mass is 253 g/mol.